The summed E-state index contributed by atoms with van der Waals surface area (Å²) in [5, 5.41) is 4.08. The van der Waals surface area contributed by atoms with Crippen molar-refractivity contribution in [2.24, 2.45) is 0 Å². The van der Waals surface area contributed by atoms with E-state index in [0.29, 0.717) is 21.9 Å². The highest BCUT2D eigenvalue weighted by atomic mass is 35.5. The minimum atomic E-state index is 0.459. The molecule has 0 amide bonds. The average Bonchev–Trinajstić information content (AvgIpc) is 2.58. The molecule has 2 heterocycles. The van der Waals surface area contributed by atoms with Crippen molar-refractivity contribution in [2.75, 3.05) is 12.4 Å². The van der Waals surface area contributed by atoms with Crippen LogP contribution < -0.4 is 10.1 Å². The Balaban J connectivity index is 1.85. The van der Waals surface area contributed by atoms with Gasteiger partial charge in [-0.25, -0.2) is 15.0 Å². The van der Waals surface area contributed by atoms with Crippen molar-refractivity contribution in [3.63, 3.8) is 0 Å². The molecule has 0 radical (unpaired) electrons. The fourth-order valence-corrected chi connectivity index (χ4v) is 2.24. The Morgan fingerprint density at radius 2 is 1.87 bits per heavy atom. The first-order valence-corrected chi connectivity index (χ1v) is 7.47. The summed E-state index contributed by atoms with van der Waals surface area (Å²) in [4.78, 5) is 12.8. The summed E-state index contributed by atoms with van der Waals surface area (Å²) >= 11 is 12.0. The molecule has 7 heteroatoms. The molecule has 3 rings (SSSR count). The van der Waals surface area contributed by atoms with Crippen molar-refractivity contribution in [1.82, 2.24) is 15.0 Å². The molecule has 0 aliphatic carbocycles. The molecular weight excluding hydrogens is 335 g/mol. The summed E-state index contributed by atoms with van der Waals surface area (Å²) < 4.78 is 5.02. The standard InChI is InChI=1S/C16H12Cl2N4O/c1-23-15-5-3-11(9-20-15)21-16-19-7-6-14(22-16)10-2-4-12(17)13(18)8-10/h2-9H,1H3,(H,19,21,22). The molecule has 3 aromatic rings. The Labute approximate surface area is 143 Å². The summed E-state index contributed by atoms with van der Waals surface area (Å²) in [6, 6.07) is 10.8. The molecular formula is C16H12Cl2N4O. The zero-order valence-electron chi connectivity index (χ0n) is 12.1. The van der Waals surface area contributed by atoms with E-state index in [1.165, 1.54) is 0 Å². The van der Waals surface area contributed by atoms with E-state index in [1.807, 2.05) is 12.1 Å². The van der Waals surface area contributed by atoms with E-state index in [0.717, 1.165) is 16.9 Å². The predicted octanol–water partition coefficient (Wildman–Crippen LogP) is 4.60. The van der Waals surface area contributed by atoms with Crippen LogP contribution in [0, 0.1) is 0 Å². The third-order valence-electron chi connectivity index (χ3n) is 3.07. The second-order valence-electron chi connectivity index (χ2n) is 4.61. The van der Waals surface area contributed by atoms with Gasteiger partial charge in [-0.3, -0.25) is 0 Å². The van der Waals surface area contributed by atoms with Crippen molar-refractivity contribution in [1.29, 1.82) is 0 Å². The van der Waals surface area contributed by atoms with E-state index < -0.39 is 0 Å². The average molecular weight is 347 g/mol. The molecule has 23 heavy (non-hydrogen) atoms. The molecule has 0 saturated carbocycles. The van der Waals surface area contributed by atoms with Crippen molar-refractivity contribution >= 4 is 34.8 Å². The number of aromatic nitrogens is 3. The topological polar surface area (TPSA) is 59.9 Å². The van der Waals surface area contributed by atoms with Gasteiger partial charge >= 0.3 is 0 Å². The van der Waals surface area contributed by atoms with Crippen LogP contribution in [0.4, 0.5) is 11.6 Å². The third-order valence-corrected chi connectivity index (χ3v) is 3.81. The van der Waals surface area contributed by atoms with E-state index in [-0.39, 0.29) is 0 Å². The van der Waals surface area contributed by atoms with Crippen LogP contribution in [0.25, 0.3) is 11.3 Å². The van der Waals surface area contributed by atoms with Gasteiger partial charge in [0.2, 0.25) is 11.8 Å². The van der Waals surface area contributed by atoms with Crippen LogP contribution in [0.15, 0.2) is 48.8 Å². The lowest BCUT2D eigenvalue weighted by Gasteiger charge is -2.07. The monoisotopic (exact) mass is 346 g/mol. The third kappa shape index (κ3) is 3.70. The van der Waals surface area contributed by atoms with Crippen LogP contribution in [-0.2, 0) is 0 Å². The van der Waals surface area contributed by atoms with Crippen molar-refractivity contribution < 1.29 is 4.74 Å². The van der Waals surface area contributed by atoms with Crippen molar-refractivity contribution in [3.8, 4) is 17.1 Å². The number of methoxy groups -OCH3 is 1. The lowest BCUT2D eigenvalue weighted by molar-refractivity contribution is 0.398. The Hall–Kier alpha value is -2.37. The number of nitrogens with zero attached hydrogens (tertiary/aromatic N) is 3. The van der Waals surface area contributed by atoms with Crippen LogP contribution in [0.1, 0.15) is 0 Å². The molecule has 2 aromatic heterocycles. The molecule has 0 spiro atoms. The van der Waals surface area contributed by atoms with E-state index in [1.54, 1.807) is 43.8 Å². The van der Waals surface area contributed by atoms with Gasteiger partial charge < -0.3 is 10.1 Å². The molecule has 0 bridgehead atoms. The van der Waals surface area contributed by atoms with E-state index in [4.69, 9.17) is 27.9 Å². The fraction of sp³-hybridized carbons (Fsp3) is 0.0625. The second kappa shape index (κ2) is 6.81. The molecule has 0 aliphatic heterocycles. The van der Waals surface area contributed by atoms with Gasteiger partial charge in [-0.1, -0.05) is 29.3 Å². The SMILES string of the molecule is COc1ccc(Nc2nccc(-c3ccc(Cl)c(Cl)c3)n2)cn1. The van der Waals surface area contributed by atoms with Gasteiger partial charge in [-0.2, -0.15) is 0 Å². The summed E-state index contributed by atoms with van der Waals surface area (Å²) in [6.45, 7) is 0. The van der Waals surface area contributed by atoms with Crippen molar-refractivity contribution in [3.05, 3.63) is 58.8 Å². The van der Waals surface area contributed by atoms with Gasteiger partial charge in [0.25, 0.3) is 0 Å². The molecule has 1 N–H and O–H groups in total. The Morgan fingerprint density at radius 1 is 1.00 bits per heavy atom. The first kappa shape index (κ1) is 15.5. The molecule has 1 aromatic carbocycles. The highest BCUT2D eigenvalue weighted by molar-refractivity contribution is 6.42. The molecule has 0 fully saturated rings. The number of ether oxygens (including phenoxy) is 1. The summed E-state index contributed by atoms with van der Waals surface area (Å²) in [5.74, 6) is 1.00. The Bertz CT molecular complexity index is 825. The molecule has 0 saturated heterocycles. The molecule has 0 aliphatic rings. The summed E-state index contributed by atoms with van der Waals surface area (Å²) in [6.07, 6.45) is 3.32. The van der Waals surface area contributed by atoms with Crippen molar-refractivity contribution in [2.45, 2.75) is 0 Å². The fourth-order valence-electron chi connectivity index (χ4n) is 1.94. The number of benzene rings is 1. The smallest absolute Gasteiger partial charge is 0.227 e. The number of hydrogen-bond donors (Lipinski definition) is 1. The van der Waals surface area contributed by atoms with Crippen LogP contribution in [0.2, 0.25) is 10.0 Å². The Kier molecular flexibility index (Phi) is 4.60. The highest BCUT2D eigenvalue weighted by Crippen LogP contribution is 2.28. The van der Waals surface area contributed by atoms with E-state index in [9.17, 15) is 0 Å². The molecule has 0 atom stereocenters. The molecule has 116 valence electrons. The van der Waals surface area contributed by atoms with Crippen LogP contribution in [-0.4, -0.2) is 22.1 Å². The maximum Gasteiger partial charge on any atom is 0.227 e. The second-order valence-corrected chi connectivity index (χ2v) is 5.42. The molecule has 5 nitrogen and oxygen atoms in total. The number of nitrogens with one attached hydrogen (secondary N) is 1. The number of halogens is 2. The maximum atomic E-state index is 6.05. The summed E-state index contributed by atoms with van der Waals surface area (Å²) in [7, 11) is 1.57. The lowest BCUT2D eigenvalue weighted by Crippen LogP contribution is -1.98. The van der Waals surface area contributed by atoms with E-state index >= 15 is 0 Å². The maximum absolute atomic E-state index is 6.05. The van der Waals surface area contributed by atoms with Gasteiger partial charge in [0.1, 0.15) is 0 Å². The quantitative estimate of drug-likeness (QED) is 0.748. The zero-order valence-corrected chi connectivity index (χ0v) is 13.6. The number of hydrogen-bond acceptors (Lipinski definition) is 5. The largest absolute Gasteiger partial charge is 0.481 e. The normalized spacial score (nSPS) is 10.4. The Morgan fingerprint density at radius 3 is 2.57 bits per heavy atom. The van der Waals surface area contributed by atoms with Crippen LogP contribution in [0.5, 0.6) is 5.88 Å². The molecule has 0 unspecified atom stereocenters. The van der Waals surface area contributed by atoms with E-state index in [2.05, 4.69) is 20.3 Å². The summed E-state index contributed by atoms with van der Waals surface area (Å²) in [5.41, 5.74) is 2.36. The zero-order chi connectivity index (χ0) is 16.2. The minimum Gasteiger partial charge on any atom is -0.481 e. The van der Waals surface area contributed by atoms with Gasteiger partial charge in [-0.15, -0.1) is 0 Å². The van der Waals surface area contributed by atoms with Crippen LogP contribution in [0.3, 0.4) is 0 Å². The first-order chi connectivity index (χ1) is 11.2. The lowest BCUT2D eigenvalue weighted by atomic mass is 10.1. The number of pyridine rings is 1. The highest BCUT2D eigenvalue weighted by Gasteiger charge is 2.06. The first-order valence-electron chi connectivity index (χ1n) is 6.71. The van der Waals surface area contributed by atoms with Gasteiger partial charge in [-0.05, 0) is 24.3 Å². The van der Waals surface area contributed by atoms with Gasteiger partial charge in [0.05, 0.1) is 34.7 Å². The minimum absolute atomic E-state index is 0.459. The van der Waals surface area contributed by atoms with Crippen LogP contribution >= 0.6 is 23.2 Å². The predicted molar refractivity (Wildman–Crippen MR) is 91.6 cm³/mol. The van der Waals surface area contributed by atoms with Gasteiger partial charge in [0, 0.05) is 17.8 Å². The number of rotatable bonds is 4. The van der Waals surface area contributed by atoms with Gasteiger partial charge in [0.15, 0.2) is 0 Å². The number of anilines is 2.